The average Bonchev–Trinajstić information content (AvgIpc) is 2.39. The molecule has 2 rings (SSSR count). The number of hydrogen-bond acceptors (Lipinski definition) is 3. The number of hydrogen-bond donors (Lipinski definition) is 0. The molecule has 0 saturated carbocycles. The number of ether oxygens (including phenoxy) is 1. The minimum absolute atomic E-state index is 0.0325. The van der Waals surface area contributed by atoms with E-state index in [-0.39, 0.29) is 12.3 Å². The Morgan fingerprint density at radius 2 is 1.90 bits per heavy atom. The highest BCUT2D eigenvalue weighted by Crippen LogP contribution is 2.29. The standard InChI is InChI=1S/C13H8BrCl2NO3/c14-9-1-4-13(12(16)6-9)20-7-8-5-10(17(18)19)2-3-11(8)15/h1-6H,7H2. The van der Waals surface area contributed by atoms with Crippen molar-refractivity contribution in [1.29, 1.82) is 0 Å². The Morgan fingerprint density at radius 1 is 1.15 bits per heavy atom. The first-order valence-electron chi connectivity index (χ1n) is 5.48. The van der Waals surface area contributed by atoms with Gasteiger partial charge in [0.05, 0.1) is 9.95 Å². The molecule has 0 radical (unpaired) electrons. The van der Waals surface area contributed by atoms with E-state index in [0.717, 1.165) is 4.47 Å². The fourth-order valence-corrected chi connectivity index (χ4v) is 2.43. The zero-order chi connectivity index (χ0) is 14.7. The Kier molecular flexibility index (Phi) is 4.86. The van der Waals surface area contributed by atoms with Crippen molar-refractivity contribution in [2.45, 2.75) is 6.61 Å². The van der Waals surface area contributed by atoms with Gasteiger partial charge in [-0.1, -0.05) is 39.1 Å². The summed E-state index contributed by atoms with van der Waals surface area (Å²) in [6.45, 7) is 0.0991. The first kappa shape index (κ1) is 15.1. The number of benzene rings is 2. The highest BCUT2D eigenvalue weighted by Gasteiger charge is 2.11. The molecule has 7 heteroatoms. The predicted octanol–water partition coefficient (Wildman–Crippen LogP) is 5.24. The van der Waals surface area contributed by atoms with Gasteiger partial charge >= 0.3 is 0 Å². The molecule has 0 unspecified atom stereocenters. The van der Waals surface area contributed by atoms with Gasteiger partial charge in [0.2, 0.25) is 0 Å². The van der Waals surface area contributed by atoms with E-state index in [4.69, 9.17) is 27.9 Å². The summed E-state index contributed by atoms with van der Waals surface area (Å²) in [4.78, 5) is 10.2. The van der Waals surface area contributed by atoms with Crippen LogP contribution in [0.2, 0.25) is 10.0 Å². The third kappa shape index (κ3) is 3.62. The smallest absolute Gasteiger partial charge is 0.269 e. The van der Waals surface area contributed by atoms with Crippen LogP contribution >= 0.6 is 39.1 Å². The van der Waals surface area contributed by atoms with E-state index in [9.17, 15) is 10.1 Å². The van der Waals surface area contributed by atoms with Crippen LogP contribution in [0, 0.1) is 10.1 Å². The van der Waals surface area contributed by atoms with Crippen LogP contribution in [0.25, 0.3) is 0 Å². The number of non-ortho nitro benzene ring substituents is 1. The SMILES string of the molecule is O=[N+]([O-])c1ccc(Cl)c(COc2ccc(Br)cc2Cl)c1. The van der Waals surface area contributed by atoms with Gasteiger partial charge in [0, 0.05) is 27.2 Å². The van der Waals surface area contributed by atoms with E-state index in [0.29, 0.717) is 21.4 Å². The van der Waals surface area contributed by atoms with Crippen LogP contribution in [-0.2, 0) is 6.61 Å². The van der Waals surface area contributed by atoms with Crippen LogP contribution < -0.4 is 4.74 Å². The van der Waals surface area contributed by atoms with Crippen molar-refractivity contribution in [1.82, 2.24) is 0 Å². The van der Waals surface area contributed by atoms with E-state index in [1.165, 1.54) is 18.2 Å². The maximum atomic E-state index is 10.7. The van der Waals surface area contributed by atoms with Crippen molar-refractivity contribution in [2.24, 2.45) is 0 Å². The molecule has 0 aliphatic carbocycles. The minimum Gasteiger partial charge on any atom is -0.487 e. The summed E-state index contributed by atoms with van der Waals surface area (Å²) in [6, 6.07) is 9.40. The summed E-state index contributed by atoms with van der Waals surface area (Å²) < 4.78 is 6.37. The van der Waals surface area contributed by atoms with Gasteiger partial charge in [-0.15, -0.1) is 0 Å². The number of nitro benzene ring substituents is 1. The monoisotopic (exact) mass is 375 g/mol. The van der Waals surface area contributed by atoms with Gasteiger partial charge in [-0.2, -0.15) is 0 Å². The van der Waals surface area contributed by atoms with E-state index in [1.807, 2.05) is 0 Å². The highest BCUT2D eigenvalue weighted by molar-refractivity contribution is 9.10. The fourth-order valence-electron chi connectivity index (χ4n) is 1.53. The molecule has 0 aliphatic heterocycles. The van der Waals surface area contributed by atoms with Gasteiger partial charge in [0.1, 0.15) is 12.4 Å². The van der Waals surface area contributed by atoms with Gasteiger partial charge in [0.25, 0.3) is 5.69 Å². The van der Waals surface area contributed by atoms with E-state index in [1.54, 1.807) is 18.2 Å². The molecule has 2 aromatic carbocycles. The van der Waals surface area contributed by atoms with Crippen molar-refractivity contribution in [3.8, 4) is 5.75 Å². The summed E-state index contributed by atoms with van der Waals surface area (Å²) in [5.41, 5.74) is 0.495. The molecular weight excluding hydrogens is 369 g/mol. The Hall–Kier alpha value is -1.30. The number of nitro groups is 1. The fraction of sp³-hybridized carbons (Fsp3) is 0.0769. The molecule has 0 N–H and O–H groups in total. The summed E-state index contributed by atoms with van der Waals surface area (Å²) in [6.07, 6.45) is 0. The third-order valence-electron chi connectivity index (χ3n) is 2.52. The lowest BCUT2D eigenvalue weighted by atomic mass is 10.2. The summed E-state index contributed by atoms with van der Waals surface area (Å²) in [7, 11) is 0. The summed E-state index contributed by atoms with van der Waals surface area (Å²) in [5, 5.41) is 11.6. The first-order chi connectivity index (χ1) is 9.47. The van der Waals surface area contributed by atoms with Crippen molar-refractivity contribution >= 4 is 44.8 Å². The normalized spacial score (nSPS) is 10.3. The minimum atomic E-state index is -0.480. The topological polar surface area (TPSA) is 52.4 Å². The molecule has 0 bridgehead atoms. The van der Waals surface area contributed by atoms with Crippen LogP contribution in [0.4, 0.5) is 5.69 Å². The lowest BCUT2D eigenvalue weighted by Gasteiger charge is -2.09. The predicted molar refractivity (Wildman–Crippen MR) is 81.6 cm³/mol. The van der Waals surface area contributed by atoms with Crippen molar-refractivity contribution in [3.63, 3.8) is 0 Å². The lowest BCUT2D eigenvalue weighted by molar-refractivity contribution is -0.384. The van der Waals surface area contributed by atoms with Crippen LogP contribution in [-0.4, -0.2) is 4.92 Å². The Bertz CT molecular complexity index is 664. The Labute approximate surface area is 133 Å². The second kappa shape index (κ2) is 6.43. The average molecular weight is 377 g/mol. The molecule has 4 nitrogen and oxygen atoms in total. The van der Waals surface area contributed by atoms with Gasteiger partial charge < -0.3 is 4.74 Å². The highest BCUT2D eigenvalue weighted by atomic mass is 79.9. The maximum Gasteiger partial charge on any atom is 0.269 e. The Balaban J connectivity index is 2.18. The third-order valence-corrected chi connectivity index (χ3v) is 3.67. The molecule has 20 heavy (non-hydrogen) atoms. The molecule has 2 aromatic rings. The van der Waals surface area contributed by atoms with Gasteiger partial charge in [-0.25, -0.2) is 0 Å². The second-order valence-corrected chi connectivity index (χ2v) is 5.63. The van der Waals surface area contributed by atoms with Crippen LogP contribution in [0.3, 0.4) is 0 Å². The van der Waals surface area contributed by atoms with Gasteiger partial charge in [0.15, 0.2) is 0 Å². The van der Waals surface area contributed by atoms with Crippen molar-refractivity contribution < 1.29 is 9.66 Å². The molecule has 0 saturated heterocycles. The summed E-state index contributed by atoms with van der Waals surface area (Å²) in [5.74, 6) is 0.484. The molecule has 0 aromatic heterocycles. The lowest BCUT2D eigenvalue weighted by Crippen LogP contribution is -1.98. The zero-order valence-corrected chi connectivity index (χ0v) is 13.1. The van der Waals surface area contributed by atoms with Gasteiger partial charge in [-0.05, 0) is 24.3 Å². The quantitative estimate of drug-likeness (QED) is 0.541. The van der Waals surface area contributed by atoms with Crippen LogP contribution in [0.1, 0.15) is 5.56 Å². The molecule has 0 spiro atoms. The number of nitrogens with zero attached hydrogens (tertiary/aromatic N) is 1. The molecule has 104 valence electrons. The Morgan fingerprint density at radius 3 is 2.55 bits per heavy atom. The maximum absolute atomic E-state index is 10.7. The molecule has 0 heterocycles. The number of rotatable bonds is 4. The van der Waals surface area contributed by atoms with Crippen LogP contribution in [0.15, 0.2) is 40.9 Å². The molecule has 0 fully saturated rings. The zero-order valence-electron chi connectivity index (χ0n) is 9.98. The van der Waals surface area contributed by atoms with E-state index < -0.39 is 4.92 Å². The molecular formula is C13H8BrCl2NO3. The van der Waals surface area contributed by atoms with Crippen LogP contribution in [0.5, 0.6) is 5.75 Å². The first-order valence-corrected chi connectivity index (χ1v) is 7.03. The van der Waals surface area contributed by atoms with Gasteiger partial charge in [-0.3, -0.25) is 10.1 Å². The van der Waals surface area contributed by atoms with E-state index >= 15 is 0 Å². The molecule has 0 atom stereocenters. The molecule has 0 aliphatic rings. The van der Waals surface area contributed by atoms with Crippen molar-refractivity contribution in [3.05, 3.63) is 66.6 Å². The number of halogens is 3. The van der Waals surface area contributed by atoms with Crippen molar-refractivity contribution in [2.75, 3.05) is 0 Å². The second-order valence-electron chi connectivity index (χ2n) is 3.90. The molecule has 0 amide bonds. The summed E-state index contributed by atoms with van der Waals surface area (Å²) >= 11 is 15.3. The largest absolute Gasteiger partial charge is 0.487 e. The van der Waals surface area contributed by atoms with E-state index in [2.05, 4.69) is 15.9 Å².